The molecule has 32 heavy (non-hydrogen) atoms. The number of urea groups is 1. The molecule has 1 aromatic carbocycles. The van der Waals surface area contributed by atoms with Gasteiger partial charge in [-0.05, 0) is 23.6 Å². The average Bonchev–Trinajstić information content (AvgIpc) is 3.27. The van der Waals surface area contributed by atoms with Crippen LogP contribution in [0.3, 0.4) is 0 Å². The van der Waals surface area contributed by atoms with Gasteiger partial charge in [0.15, 0.2) is 0 Å². The van der Waals surface area contributed by atoms with Crippen LogP contribution >= 0.6 is 0 Å². The van der Waals surface area contributed by atoms with E-state index in [1.165, 1.54) is 0 Å². The molecule has 9 nitrogen and oxygen atoms in total. The minimum atomic E-state index is -0.644. The van der Waals surface area contributed by atoms with Crippen molar-refractivity contribution in [3.8, 4) is 0 Å². The molecule has 2 atom stereocenters. The van der Waals surface area contributed by atoms with Crippen LogP contribution in [0, 0.1) is 5.92 Å². The molecule has 1 N–H and O–H groups in total. The molecule has 0 aliphatic carbocycles. The lowest BCUT2D eigenvalue weighted by molar-refractivity contribution is -0.190. The fourth-order valence-electron chi connectivity index (χ4n) is 4.45. The minimum absolute atomic E-state index is 0.0317. The van der Waals surface area contributed by atoms with Crippen LogP contribution < -0.4 is 5.32 Å². The monoisotopic (exact) mass is 439 g/mol. The zero-order valence-corrected chi connectivity index (χ0v) is 18.6. The largest absolute Gasteiger partial charge is 0.467 e. The lowest BCUT2D eigenvalue weighted by Crippen LogP contribution is -2.76. The third-order valence-corrected chi connectivity index (χ3v) is 5.92. The Hall–Kier alpha value is -3.33. The molecule has 1 aromatic heterocycles. The van der Waals surface area contributed by atoms with Gasteiger partial charge in [0.25, 0.3) is 0 Å². The van der Waals surface area contributed by atoms with Crippen LogP contribution in [0.15, 0.2) is 53.1 Å². The van der Waals surface area contributed by atoms with Crippen LogP contribution in [-0.4, -0.2) is 70.0 Å². The van der Waals surface area contributed by atoms with E-state index in [1.807, 2.05) is 50.2 Å². The number of hydrazine groups is 1. The Balaban J connectivity index is 1.60. The van der Waals surface area contributed by atoms with Crippen molar-refractivity contribution in [2.24, 2.45) is 5.92 Å². The van der Waals surface area contributed by atoms with Gasteiger partial charge < -0.3 is 19.5 Å². The zero-order valence-electron chi connectivity index (χ0n) is 18.6. The fourth-order valence-corrected chi connectivity index (χ4v) is 4.45. The molecule has 2 aliphatic heterocycles. The normalized spacial score (nSPS) is 21.8. The number of piperazine rings is 1. The predicted octanol–water partition coefficient (Wildman–Crippen LogP) is 1.87. The van der Waals surface area contributed by atoms with Gasteiger partial charge in [-0.25, -0.2) is 14.8 Å². The van der Waals surface area contributed by atoms with Crippen LogP contribution in [0.5, 0.6) is 0 Å². The van der Waals surface area contributed by atoms with Crippen molar-refractivity contribution < 1.29 is 18.8 Å². The lowest BCUT2D eigenvalue weighted by atomic mass is 9.96. The number of nitrogens with one attached hydrogen (secondary N) is 1. The van der Waals surface area contributed by atoms with E-state index < -0.39 is 12.2 Å². The van der Waals surface area contributed by atoms with Crippen molar-refractivity contribution in [3.05, 3.63) is 60.1 Å². The van der Waals surface area contributed by atoms with E-state index in [0.29, 0.717) is 12.3 Å². The van der Waals surface area contributed by atoms with E-state index in [4.69, 9.17) is 4.42 Å². The number of amides is 4. The van der Waals surface area contributed by atoms with E-state index in [-0.39, 0.29) is 43.4 Å². The SMILES string of the molecule is CC(C)[C@H]1C(=O)N(Cc2ccco2)C[C@H]2N1C(=O)CN(C)N2C(=O)NCc1ccccc1. The minimum Gasteiger partial charge on any atom is -0.467 e. The Bertz CT molecular complexity index is 962. The number of likely N-dealkylation sites (N-methyl/N-ethyl adjacent to an activating group) is 1. The summed E-state index contributed by atoms with van der Waals surface area (Å²) in [5, 5.41) is 6.13. The molecule has 4 amide bonds. The van der Waals surface area contributed by atoms with Crippen molar-refractivity contribution in [1.29, 1.82) is 0 Å². The number of hydrogen-bond acceptors (Lipinski definition) is 5. The molecule has 0 spiro atoms. The first-order valence-corrected chi connectivity index (χ1v) is 10.8. The van der Waals surface area contributed by atoms with Gasteiger partial charge in [0.1, 0.15) is 18.0 Å². The summed E-state index contributed by atoms with van der Waals surface area (Å²) in [6.07, 6.45) is 0.967. The van der Waals surface area contributed by atoms with Crippen molar-refractivity contribution in [2.75, 3.05) is 20.1 Å². The highest BCUT2D eigenvalue weighted by Gasteiger charge is 2.51. The topological polar surface area (TPSA) is 89.3 Å². The van der Waals surface area contributed by atoms with Gasteiger partial charge in [0, 0.05) is 13.6 Å². The number of carbonyl (C=O) groups excluding carboxylic acids is 3. The summed E-state index contributed by atoms with van der Waals surface area (Å²) in [5.41, 5.74) is 0.978. The summed E-state index contributed by atoms with van der Waals surface area (Å²) < 4.78 is 5.44. The summed E-state index contributed by atoms with van der Waals surface area (Å²) >= 11 is 0. The number of hydrogen-bond donors (Lipinski definition) is 1. The summed E-state index contributed by atoms with van der Waals surface area (Å²) in [7, 11) is 1.72. The summed E-state index contributed by atoms with van der Waals surface area (Å²) in [6, 6.07) is 12.3. The fraction of sp³-hybridized carbons (Fsp3) is 0.435. The average molecular weight is 440 g/mol. The summed E-state index contributed by atoms with van der Waals surface area (Å²) in [4.78, 5) is 42.8. The second kappa shape index (κ2) is 9.04. The van der Waals surface area contributed by atoms with Crippen LogP contribution in [0.25, 0.3) is 0 Å². The molecular weight excluding hydrogens is 410 g/mol. The Labute approximate surface area is 187 Å². The summed E-state index contributed by atoms with van der Waals surface area (Å²) in [5.74, 6) is 0.264. The van der Waals surface area contributed by atoms with Crippen molar-refractivity contribution in [1.82, 2.24) is 25.1 Å². The number of furan rings is 1. The maximum atomic E-state index is 13.3. The van der Waals surface area contributed by atoms with Gasteiger partial charge in [-0.3, -0.25) is 9.59 Å². The molecule has 2 aliphatic rings. The highest BCUT2D eigenvalue weighted by atomic mass is 16.3. The third kappa shape index (κ3) is 4.20. The number of nitrogens with zero attached hydrogens (tertiary/aromatic N) is 4. The Kier molecular flexibility index (Phi) is 6.18. The molecular formula is C23H29N5O4. The van der Waals surface area contributed by atoms with E-state index in [0.717, 1.165) is 5.56 Å². The van der Waals surface area contributed by atoms with E-state index in [1.54, 1.807) is 39.2 Å². The number of fused-ring (bicyclic) bond motifs is 1. The second-order valence-electron chi connectivity index (χ2n) is 8.57. The van der Waals surface area contributed by atoms with Crippen LogP contribution in [0.4, 0.5) is 4.79 Å². The first-order chi connectivity index (χ1) is 15.4. The van der Waals surface area contributed by atoms with E-state index in [9.17, 15) is 14.4 Å². The number of carbonyl (C=O) groups is 3. The summed E-state index contributed by atoms with van der Waals surface area (Å²) in [6.45, 7) is 4.73. The number of benzene rings is 1. The number of rotatable bonds is 5. The third-order valence-electron chi connectivity index (χ3n) is 5.92. The van der Waals surface area contributed by atoms with Crippen molar-refractivity contribution in [3.63, 3.8) is 0 Å². The van der Waals surface area contributed by atoms with Crippen molar-refractivity contribution >= 4 is 17.8 Å². The molecule has 0 unspecified atom stereocenters. The Morgan fingerprint density at radius 1 is 1.16 bits per heavy atom. The first kappa shape index (κ1) is 21.9. The van der Waals surface area contributed by atoms with Gasteiger partial charge in [-0.1, -0.05) is 44.2 Å². The molecule has 0 saturated carbocycles. The van der Waals surface area contributed by atoms with Crippen LogP contribution in [-0.2, 0) is 22.7 Å². The van der Waals surface area contributed by atoms with Crippen LogP contribution in [0.1, 0.15) is 25.2 Å². The molecule has 3 heterocycles. The molecule has 2 saturated heterocycles. The zero-order chi connectivity index (χ0) is 22.8. The Morgan fingerprint density at radius 2 is 1.91 bits per heavy atom. The molecule has 0 bridgehead atoms. The molecule has 2 fully saturated rings. The maximum Gasteiger partial charge on any atom is 0.334 e. The van der Waals surface area contributed by atoms with Gasteiger partial charge in [0.05, 0.1) is 25.9 Å². The standard InChI is InChI=1S/C23H29N5O4/c1-16(2)21-22(30)26(13-18-10-7-11-32-18)14-19-27(21)20(29)15-25(3)28(19)23(31)24-12-17-8-5-4-6-9-17/h4-11,16,19,21H,12-15H2,1-3H3,(H,24,31)/t19-,21-/m0/s1. The van der Waals surface area contributed by atoms with Gasteiger partial charge in [-0.2, -0.15) is 0 Å². The van der Waals surface area contributed by atoms with Crippen LogP contribution in [0.2, 0.25) is 0 Å². The smallest absolute Gasteiger partial charge is 0.334 e. The predicted molar refractivity (Wildman–Crippen MR) is 117 cm³/mol. The highest BCUT2D eigenvalue weighted by molar-refractivity contribution is 5.91. The second-order valence-corrected chi connectivity index (χ2v) is 8.57. The molecule has 170 valence electrons. The van der Waals surface area contributed by atoms with Gasteiger partial charge in [0.2, 0.25) is 11.8 Å². The molecule has 4 rings (SSSR count). The maximum absolute atomic E-state index is 13.3. The first-order valence-electron chi connectivity index (χ1n) is 10.8. The van der Waals surface area contributed by atoms with Crippen molar-refractivity contribution in [2.45, 2.75) is 39.1 Å². The Morgan fingerprint density at radius 3 is 2.56 bits per heavy atom. The van der Waals surface area contributed by atoms with E-state index in [2.05, 4.69) is 5.32 Å². The quantitative estimate of drug-likeness (QED) is 0.768. The highest BCUT2D eigenvalue weighted by Crippen LogP contribution is 2.30. The molecule has 0 radical (unpaired) electrons. The van der Waals surface area contributed by atoms with E-state index >= 15 is 0 Å². The lowest BCUT2D eigenvalue weighted by Gasteiger charge is -2.55. The van der Waals surface area contributed by atoms with Gasteiger partial charge in [-0.15, -0.1) is 0 Å². The molecule has 2 aromatic rings. The molecule has 9 heteroatoms. The van der Waals surface area contributed by atoms with Gasteiger partial charge >= 0.3 is 6.03 Å².